The Morgan fingerprint density at radius 1 is 1.39 bits per heavy atom. The number of hydrogen-bond donors (Lipinski definition) is 2. The Kier molecular flexibility index (Phi) is 5.90. The van der Waals surface area contributed by atoms with Crippen LogP contribution in [0, 0.1) is 12.8 Å². The fraction of sp³-hybridized carbons (Fsp3) is 0.571. The number of amides is 1. The van der Waals surface area contributed by atoms with Crippen molar-refractivity contribution in [2.45, 2.75) is 19.8 Å². The Hall–Kier alpha value is -1.29. The summed E-state index contributed by atoms with van der Waals surface area (Å²) in [7, 11) is -3.47. The second kappa shape index (κ2) is 7.52. The third-order valence-corrected chi connectivity index (χ3v) is 5.13. The van der Waals surface area contributed by atoms with Gasteiger partial charge in [-0.25, -0.2) is 8.42 Å². The maximum atomic E-state index is 12.2. The van der Waals surface area contributed by atoms with E-state index in [4.69, 9.17) is 0 Å². The van der Waals surface area contributed by atoms with E-state index in [-0.39, 0.29) is 24.2 Å². The van der Waals surface area contributed by atoms with Crippen LogP contribution in [0.3, 0.4) is 0 Å². The highest BCUT2D eigenvalue weighted by molar-refractivity contribution is 7.88. The van der Waals surface area contributed by atoms with Crippen molar-refractivity contribution in [1.29, 1.82) is 0 Å². The number of rotatable bonds is 6. The van der Waals surface area contributed by atoms with E-state index in [2.05, 4.69) is 5.43 Å². The molecule has 1 saturated heterocycles. The van der Waals surface area contributed by atoms with Crippen LogP contribution in [-0.4, -0.2) is 50.9 Å². The zero-order valence-corrected chi connectivity index (χ0v) is 14.8. The van der Waals surface area contributed by atoms with Crippen molar-refractivity contribution in [2.24, 2.45) is 5.92 Å². The number of carbonyl (C=O) groups is 2. The molecule has 1 atom stereocenters. The van der Waals surface area contributed by atoms with Crippen LogP contribution < -0.4 is 10.3 Å². The molecule has 1 aliphatic rings. The summed E-state index contributed by atoms with van der Waals surface area (Å²) in [6, 6.07) is 3.74. The number of ketones is 1. The predicted octanol–water partition coefficient (Wildman–Crippen LogP) is 0.532. The number of carbonyl (C=O) groups excluding carboxylic acids is 2. The molecule has 2 rings (SSSR count). The van der Waals surface area contributed by atoms with Crippen LogP contribution in [-0.2, 0) is 14.8 Å². The third-order valence-electron chi connectivity index (χ3n) is 3.62. The molecule has 7 nitrogen and oxygen atoms in total. The lowest BCUT2D eigenvalue weighted by atomic mass is 9.97. The molecule has 0 aliphatic carbocycles. The minimum atomic E-state index is -3.47. The van der Waals surface area contributed by atoms with Crippen LogP contribution in [0.2, 0.25) is 0 Å². The number of hydrogen-bond acceptors (Lipinski definition) is 6. The van der Waals surface area contributed by atoms with Crippen molar-refractivity contribution in [3.05, 3.63) is 21.9 Å². The van der Waals surface area contributed by atoms with Crippen molar-refractivity contribution in [1.82, 2.24) is 15.2 Å². The van der Waals surface area contributed by atoms with Crippen LogP contribution in [0.25, 0.3) is 0 Å². The molecular formula is C14H21N3O4S2. The van der Waals surface area contributed by atoms with E-state index in [9.17, 15) is 18.0 Å². The van der Waals surface area contributed by atoms with Gasteiger partial charge in [-0.3, -0.25) is 19.9 Å². The minimum Gasteiger partial charge on any atom is -0.295 e. The summed E-state index contributed by atoms with van der Waals surface area (Å²) >= 11 is 1.47. The first-order valence-corrected chi connectivity index (χ1v) is 10.0. The Morgan fingerprint density at radius 2 is 2.13 bits per heavy atom. The van der Waals surface area contributed by atoms with Gasteiger partial charge in [0, 0.05) is 11.4 Å². The number of nitrogens with one attached hydrogen (secondary N) is 2. The minimum absolute atomic E-state index is 0.0541. The average molecular weight is 359 g/mol. The van der Waals surface area contributed by atoms with Crippen molar-refractivity contribution >= 4 is 33.1 Å². The first kappa shape index (κ1) is 18.1. The zero-order chi connectivity index (χ0) is 17.0. The molecule has 0 radical (unpaired) electrons. The van der Waals surface area contributed by atoms with Gasteiger partial charge in [0.1, 0.15) is 0 Å². The van der Waals surface area contributed by atoms with Crippen LogP contribution in [0.15, 0.2) is 12.1 Å². The number of likely N-dealkylation sites (tertiary alicyclic amines) is 1. The summed E-state index contributed by atoms with van der Waals surface area (Å²) in [5.74, 6) is -0.631. The van der Waals surface area contributed by atoms with Crippen molar-refractivity contribution in [3.8, 4) is 0 Å². The van der Waals surface area contributed by atoms with Gasteiger partial charge in [-0.05, 0) is 38.4 Å². The third kappa shape index (κ3) is 5.69. The maximum Gasteiger partial charge on any atom is 0.239 e. The molecule has 128 valence electrons. The summed E-state index contributed by atoms with van der Waals surface area (Å²) in [6.45, 7) is 3.45. The SMILES string of the molecule is Cc1ccc(C(=O)CN2CCCC(C(=O)NNS(C)(=O)=O)C2)s1. The number of thiophene rings is 1. The van der Waals surface area contributed by atoms with Crippen LogP contribution in [0.1, 0.15) is 27.4 Å². The molecule has 0 spiro atoms. The molecule has 1 aliphatic heterocycles. The topological polar surface area (TPSA) is 95.6 Å². The summed E-state index contributed by atoms with van der Waals surface area (Å²) in [6.07, 6.45) is 2.45. The summed E-state index contributed by atoms with van der Waals surface area (Å²) in [5.41, 5.74) is 2.21. The summed E-state index contributed by atoms with van der Waals surface area (Å²) < 4.78 is 22.0. The van der Waals surface area contributed by atoms with E-state index in [1.54, 1.807) is 0 Å². The largest absolute Gasteiger partial charge is 0.295 e. The van der Waals surface area contributed by atoms with Gasteiger partial charge >= 0.3 is 0 Å². The molecule has 9 heteroatoms. The molecule has 2 N–H and O–H groups in total. The number of hydrazine groups is 1. The van der Waals surface area contributed by atoms with Gasteiger partial charge in [0.15, 0.2) is 5.78 Å². The molecular weight excluding hydrogens is 338 g/mol. The lowest BCUT2D eigenvalue weighted by molar-refractivity contribution is -0.127. The predicted molar refractivity (Wildman–Crippen MR) is 88.7 cm³/mol. The number of nitrogens with zero attached hydrogens (tertiary/aromatic N) is 1. The number of Topliss-reactive ketones (excluding diaryl/α,β-unsaturated/α-hetero) is 1. The Bertz CT molecular complexity index is 684. The molecule has 1 fully saturated rings. The molecule has 0 saturated carbocycles. The van der Waals surface area contributed by atoms with Crippen LogP contribution in [0.4, 0.5) is 0 Å². The molecule has 23 heavy (non-hydrogen) atoms. The first-order chi connectivity index (χ1) is 10.7. The van der Waals surface area contributed by atoms with Crippen molar-refractivity contribution in [3.63, 3.8) is 0 Å². The van der Waals surface area contributed by atoms with Crippen LogP contribution in [0.5, 0.6) is 0 Å². The maximum absolute atomic E-state index is 12.2. The highest BCUT2D eigenvalue weighted by Crippen LogP contribution is 2.19. The Morgan fingerprint density at radius 3 is 2.74 bits per heavy atom. The molecule has 1 aromatic heterocycles. The van der Waals surface area contributed by atoms with E-state index in [0.29, 0.717) is 13.0 Å². The van der Waals surface area contributed by atoms with Gasteiger partial charge in [-0.1, -0.05) is 0 Å². The first-order valence-electron chi connectivity index (χ1n) is 7.33. The lowest BCUT2D eigenvalue weighted by Crippen LogP contribution is -2.49. The lowest BCUT2D eigenvalue weighted by Gasteiger charge is -2.31. The van der Waals surface area contributed by atoms with E-state index in [0.717, 1.165) is 29.0 Å². The number of piperidine rings is 1. The number of aryl methyl sites for hydroxylation is 1. The van der Waals surface area contributed by atoms with Gasteiger partial charge in [-0.15, -0.1) is 16.2 Å². The van der Waals surface area contributed by atoms with Crippen molar-refractivity contribution in [2.75, 3.05) is 25.9 Å². The highest BCUT2D eigenvalue weighted by atomic mass is 32.2. The van der Waals surface area contributed by atoms with Crippen LogP contribution >= 0.6 is 11.3 Å². The van der Waals surface area contributed by atoms with E-state index in [1.807, 2.05) is 28.8 Å². The van der Waals surface area contributed by atoms with E-state index >= 15 is 0 Å². The smallest absolute Gasteiger partial charge is 0.239 e. The normalized spacial score (nSPS) is 19.5. The van der Waals surface area contributed by atoms with Gasteiger partial charge in [0.05, 0.1) is 23.6 Å². The van der Waals surface area contributed by atoms with E-state index < -0.39 is 10.0 Å². The molecule has 1 aromatic rings. The summed E-state index contributed by atoms with van der Waals surface area (Å²) in [4.78, 5) is 30.0. The van der Waals surface area contributed by atoms with Crippen molar-refractivity contribution < 1.29 is 18.0 Å². The fourth-order valence-electron chi connectivity index (χ4n) is 2.52. The molecule has 0 bridgehead atoms. The summed E-state index contributed by atoms with van der Waals surface area (Å²) in [5, 5.41) is 0. The van der Waals surface area contributed by atoms with Gasteiger partial charge in [0.25, 0.3) is 0 Å². The van der Waals surface area contributed by atoms with E-state index in [1.165, 1.54) is 11.3 Å². The average Bonchev–Trinajstić information content (AvgIpc) is 2.91. The molecule has 0 aromatic carbocycles. The number of sulfonamides is 1. The quantitative estimate of drug-likeness (QED) is 0.571. The van der Waals surface area contributed by atoms with Gasteiger partial charge in [0.2, 0.25) is 15.9 Å². The Labute approximate surface area is 140 Å². The highest BCUT2D eigenvalue weighted by Gasteiger charge is 2.27. The zero-order valence-electron chi connectivity index (χ0n) is 13.2. The second-order valence-corrected chi connectivity index (χ2v) is 8.81. The standard InChI is InChI=1S/C14H21N3O4S2/c1-10-5-6-13(22-10)12(18)9-17-7-3-4-11(8-17)14(19)15-16-23(2,20)21/h5-6,11,16H,3-4,7-9H2,1-2H3,(H,15,19). The Balaban J connectivity index is 1.88. The van der Waals surface area contributed by atoms with Gasteiger partial charge in [-0.2, -0.15) is 0 Å². The second-order valence-electron chi connectivity index (χ2n) is 5.77. The monoisotopic (exact) mass is 359 g/mol. The molecule has 2 heterocycles. The fourth-order valence-corrected chi connectivity index (χ4v) is 3.61. The molecule has 1 unspecified atom stereocenters. The molecule has 1 amide bonds. The van der Waals surface area contributed by atoms with Gasteiger partial charge < -0.3 is 0 Å².